The number of nitrogens with two attached hydrogens (primary N) is 2. The van der Waals surface area contributed by atoms with Crippen molar-refractivity contribution in [2.75, 3.05) is 6.61 Å². The van der Waals surface area contributed by atoms with E-state index in [-0.39, 0.29) is 18.5 Å². The second-order valence-electron chi connectivity index (χ2n) is 6.02. The lowest BCUT2D eigenvalue weighted by atomic mass is 10.0. The summed E-state index contributed by atoms with van der Waals surface area (Å²) in [5.74, 6) is 0.0789. The van der Waals surface area contributed by atoms with Crippen molar-refractivity contribution in [1.29, 1.82) is 5.41 Å². The summed E-state index contributed by atoms with van der Waals surface area (Å²) in [6.07, 6.45) is 4.10. The lowest BCUT2D eigenvalue weighted by Crippen LogP contribution is -2.14. The van der Waals surface area contributed by atoms with Crippen LogP contribution in [0.5, 0.6) is 0 Å². The fourth-order valence-corrected chi connectivity index (χ4v) is 2.69. The highest BCUT2D eigenvalue weighted by Gasteiger charge is 2.03. The highest BCUT2D eigenvalue weighted by Crippen LogP contribution is 2.20. The zero-order chi connectivity index (χ0) is 17.8. The Bertz CT molecular complexity index is 930. The predicted octanol–water partition coefficient (Wildman–Crippen LogP) is 3.29. The second kappa shape index (κ2) is 7.30. The molecule has 4 nitrogen and oxygen atoms in total. The first-order valence-electron chi connectivity index (χ1n) is 8.09. The number of rotatable bonds is 5. The molecule has 0 aromatic heterocycles. The van der Waals surface area contributed by atoms with Gasteiger partial charge in [0.05, 0.1) is 12.6 Å². The molecule has 0 aliphatic carbocycles. The Hall–Kier alpha value is -2.95. The summed E-state index contributed by atoms with van der Waals surface area (Å²) in [6, 6.07) is 19.5. The number of amidine groups is 1. The van der Waals surface area contributed by atoms with Crippen LogP contribution in [0.15, 0.2) is 60.7 Å². The third-order valence-electron chi connectivity index (χ3n) is 4.20. The van der Waals surface area contributed by atoms with E-state index in [0.29, 0.717) is 0 Å². The topological polar surface area (TPSA) is 96.1 Å². The van der Waals surface area contributed by atoms with E-state index in [0.717, 1.165) is 33.0 Å². The first-order valence-corrected chi connectivity index (χ1v) is 8.09. The van der Waals surface area contributed by atoms with Crippen LogP contribution in [0, 0.1) is 5.41 Å². The summed E-state index contributed by atoms with van der Waals surface area (Å²) < 4.78 is 0. The van der Waals surface area contributed by atoms with Gasteiger partial charge in [0, 0.05) is 5.56 Å². The van der Waals surface area contributed by atoms with Gasteiger partial charge in [0.1, 0.15) is 5.84 Å². The van der Waals surface area contributed by atoms with E-state index >= 15 is 0 Å². The van der Waals surface area contributed by atoms with Crippen molar-refractivity contribution in [2.45, 2.75) is 6.04 Å². The van der Waals surface area contributed by atoms with Gasteiger partial charge in [-0.3, -0.25) is 5.41 Å². The zero-order valence-corrected chi connectivity index (χ0v) is 13.8. The number of nitrogens with one attached hydrogen (secondary N) is 1. The highest BCUT2D eigenvalue weighted by molar-refractivity contribution is 5.99. The number of benzene rings is 3. The molecule has 1 atom stereocenters. The van der Waals surface area contributed by atoms with Gasteiger partial charge >= 0.3 is 0 Å². The Kier molecular flexibility index (Phi) is 4.93. The van der Waals surface area contributed by atoms with E-state index in [1.165, 1.54) is 0 Å². The number of hydrogen-bond donors (Lipinski definition) is 4. The van der Waals surface area contributed by atoms with E-state index in [4.69, 9.17) is 22.0 Å². The van der Waals surface area contributed by atoms with Gasteiger partial charge in [-0.1, -0.05) is 60.7 Å². The maximum Gasteiger partial charge on any atom is 0.122 e. The molecular formula is C21H21N3O. The summed E-state index contributed by atoms with van der Waals surface area (Å²) in [6.45, 7) is -0.0579. The first-order chi connectivity index (χ1) is 12.1. The van der Waals surface area contributed by atoms with Crippen LogP contribution >= 0.6 is 0 Å². The Morgan fingerprint density at radius 3 is 2.20 bits per heavy atom. The molecule has 0 saturated heterocycles. The molecule has 0 fully saturated rings. The predicted molar refractivity (Wildman–Crippen MR) is 104 cm³/mol. The number of nitrogen functional groups attached to an aromatic ring is 1. The largest absolute Gasteiger partial charge is 0.394 e. The van der Waals surface area contributed by atoms with Crippen LogP contribution in [-0.2, 0) is 0 Å². The van der Waals surface area contributed by atoms with E-state index in [2.05, 4.69) is 12.1 Å². The third kappa shape index (κ3) is 3.94. The van der Waals surface area contributed by atoms with E-state index in [9.17, 15) is 0 Å². The maximum absolute atomic E-state index is 9.09. The molecule has 0 saturated carbocycles. The van der Waals surface area contributed by atoms with E-state index < -0.39 is 0 Å². The molecule has 25 heavy (non-hydrogen) atoms. The molecule has 126 valence electrons. The average molecular weight is 331 g/mol. The molecule has 3 aromatic carbocycles. The summed E-state index contributed by atoms with van der Waals surface area (Å²) in [5.41, 5.74) is 15.2. The molecule has 4 heteroatoms. The zero-order valence-electron chi connectivity index (χ0n) is 13.8. The van der Waals surface area contributed by atoms with E-state index in [1.54, 1.807) is 0 Å². The molecular weight excluding hydrogens is 310 g/mol. The molecule has 0 spiro atoms. The molecule has 0 aliphatic heterocycles. The Morgan fingerprint density at radius 1 is 0.920 bits per heavy atom. The molecule has 3 rings (SSSR count). The normalized spacial score (nSPS) is 12.6. The molecule has 6 N–H and O–H groups in total. The van der Waals surface area contributed by atoms with Gasteiger partial charge in [0.15, 0.2) is 0 Å². The fourth-order valence-electron chi connectivity index (χ4n) is 2.69. The lowest BCUT2D eigenvalue weighted by molar-refractivity contribution is 0.268. The Balaban J connectivity index is 1.81. The maximum atomic E-state index is 9.09. The van der Waals surface area contributed by atoms with Crippen molar-refractivity contribution in [1.82, 2.24) is 0 Å². The van der Waals surface area contributed by atoms with Gasteiger partial charge in [0.2, 0.25) is 0 Å². The SMILES string of the molecule is N=C(N)c1ccc2cc(/C=C/c3ccc([C@@H](N)CO)cc3)ccc2c1. The van der Waals surface area contributed by atoms with Crippen molar-refractivity contribution in [3.8, 4) is 0 Å². The van der Waals surface area contributed by atoms with Gasteiger partial charge in [-0.15, -0.1) is 0 Å². The third-order valence-corrected chi connectivity index (χ3v) is 4.20. The van der Waals surface area contributed by atoms with Gasteiger partial charge < -0.3 is 16.6 Å². The van der Waals surface area contributed by atoms with Crippen LogP contribution in [0.25, 0.3) is 22.9 Å². The Labute approximate surface area is 146 Å². The minimum absolute atomic E-state index is 0.0579. The minimum Gasteiger partial charge on any atom is -0.394 e. The quantitative estimate of drug-likeness (QED) is 0.328. The first kappa shape index (κ1) is 16.9. The van der Waals surface area contributed by atoms with Gasteiger partial charge in [-0.2, -0.15) is 0 Å². The smallest absolute Gasteiger partial charge is 0.122 e. The molecule has 3 aromatic rings. The van der Waals surface area contributed by atoms with Crippen molar-refractivity contribution >= 4 is 28.8 Å². The molecule has 0 amide bonds. The summed E-state index contributed by atoms with van der Waals surface area (Å²) in [7, 11) is 0. The van der Waals surface area contributed by atoms with Crippen LogP contribution in [0.2, 0.25) is 0 Å². The van der Waals surface area contributed by atoms with Gasteiger partial charge in [0.25, 0.3) is 0 Å². The molecule has 0 unspecified atom stereocenters. The number of aliphatic hydroxyl groups is 1. The van der Waals surface area contributed by atoms with Crippen molar-refractivity contribution in [3.05, 3.63) is 82.9 Å². The van der Waals surface area contributed by atoms with Crippen LogP contribution in [0.4, 0.5) is 0 Å². The standard InChI is InChI=1S/C21H21N3O/c22-20(13-25)16-6-3-14(4-7-16)1-2-15-5-8-18-12-19(21(23)24)10-9-17(18)11-15/h1-12,20,25H,13,22H2,(H3,23,24)/b2-1+/t20-/m0/s1. The van der Waals surface area contributed by atoms with Crippen molar-refractivity contribution < 1.29 is 5.11 Å². The molecule has 0 heterocycles. The van der Waals surface area contributed by atoms with Crippen LogP contribution < -0.4 is 11.5 Å². The monoisotopic (exact) mass is 331 g/mol. The summed E-state index contributed by atoms with van der Waals surface area (Å²) >= 11 is 0. The highest BCUT2D eigenvalue weighted by atomic mass is 16.3. The Morgan fingerprint density at radius 2 is 1.52 bits per heavy atom. The number of fused-ring (bicyclic) bond motifs is 1. The van der Waals surface area contributed by atoms with Crippen molar-refractivity contribution in [3.63, 3.8) is 0 Å². The van der Waals surface area contributed by atoms with Crippen LogP contribution in [0.3, 0.4) is 0 Å². The average Bonchev–Trinajstić information content (AvgIpc) is 2.65. The molecule has 0 radical (unpaired) electrons. The fraction of sp³-hybridized carbons (Fsp3) is 0.0952. The summed E-state index contributed by atoms with van der Waals surface area (Å²) in [4.78, 5) is 0. The van der Waals surface area contributed by atoms with E-state index in [1.807, 2.05) is 60.7 Å². The molecule has 0 bridgehead atoms. The minimum atomic E-state index is -0.335. The van der Waals surface area contributed by atoms with Gasteiger partial charge in [-0.25, -0.2) is 0 Å². The van der Waals surface area contributed by atoms with Gasteiger partial charge in [-0.05, 0) is 39.6 Å². The van der Waals surface area contributed by atoms with Crippen LogP contribution in [0.1, 0.15) is 28.3 Å². The number of aliphatic hydroxyl groups excluding tert-OH is 1. The molecule has 0 aliphatic rings. The van der Waals surface area contributed by atoms with Crippen molar-refractivity contribution in [2.24, 2.45) is 11.5 Å². The summed E-state index contributed by atoms with van der Waals surface area (Å²) in [5, 5.41) is 18.8. The van der Waals surface area contributed by atoms with Crippen LogP contribution in [-0.4, -0.2) is 17.5 Å². The lowest BCUT2D eigenvalue weighted by Gasteiger charge is -2.08. The second-order valence-corrected chi connectivity index (χ2v) is 6.02. The number of hydrogen-bond acceptors (Lipinski definition) is 3.